The van der Waals surface area contributed by atoms with E-state index < -0.39 is 11.8 Å². The molecule has 1 N–H and O–H groups in total. The number of halogens is 2. The fraction of sp³-hybridized carbons (Fsp3) is 0.263. The first-order chi connectivity index (χ1) is 13.0. The largest absolute Gasteiger partial charge is 0.495 e. The van der Waals surface area contributed by atoms with Crippen LogP contribution in [0.5, 0.6) is 5.75 Å². The lowest BCUT2D eigenvalue weighted by Gasteiger charge is -2.36. The SMILES string of the molecule is COc1ccccc1N1CCN(C(=O)C(=O)Nc2ccc(Cl)cc2Cl)CC1. The van der Waals surface area contributed by atoms with Gasteiger partial charge in [0.05, 0.1) is 23.5 Å². The van der Waals surface area contributed by atoms with Crippen molar-refractivity contribution in [1.82, 2.24) is 4.90 Å². The summed E-state index contributed by atoms with van der Waals surface area (Å²) >= 11 is 11.9. The van der Waals surface area contributed by atoms with Crippen molar-refractivity contribution in [2.75, 3.05) is 43.5 Å². The zero-order chi connectivity index (χ0) is 19.4. The highest BCUT2D eigenvalue weighted by molar-refractivity contribution is 6.42. The van der Waals surface area contributed by atoms with Crippen LogP contribution in [0, 0.1) is 0 Å². The molecule has 0 unspecified atom stereocenters. The molecule has 8 heteroatoms. The Morgan fingerprint density at radius 3 is 2.41 bits per heavy atom. The van der Waals surface area contributed by atoms with E-state index in [4.69, 9.17) is 27.9 Å². The monoisotopic (exact) mass is 407 g/mol. The van der Waals surface area contributed by atoms with Gasteiger partial charge in [0.15, 0.2) is 0 Å². The molecule has 27 heavy (non-hydrogen) atoms. The van der Waals surface area contributed by atoms with Gasteiger partial charge in [0, 0.05) is 31.2 Å². The predicted octanol–water partition coefficient (Wildman–Crippen LogP) is 3.29. The molecule has 0 bridgehead atoms. The maximum atomic E-state index is 12.4. The van der Waals surface area contributed by atoms with E-state index in [1.165, 1.54) is 11.0 Å². The smallest absolute Gasteiger partial charge is 0.313 e. The summed E-state index contributed by atoms with van der Waals surface area (Å²) in [6, 6.07) is 12.4. The molecule has 0 radical (unpaired) electrons. The van der Waals surface area contributed by atoms with Gasteiger partial charge in [0.2, 0.25) is 0 Å². The van der Waals surface area contributed by atoms with Crippen LogP contribution in [0.15, 0.2) is 42.5 Å². The van der Waals surface area contributed by atoms with Crippen LogP contribution in [-0.2, 0) is 9.59 Å². The summed E-state index contributed by atoms with van der Waals surface area (Å²) in [5.41, 5.74) is 1.33. The van der Waals surface area contributed by atoms with E-state index in [2.05, 4.69) is 10.2 Å². The van der Waals surface area contributed by atoms with Crippen LogP contribution in [0.1, 0.15) is 0 Å². The molecule has 0 aromatic heterocycles. The first kappa shape index (κ1) is 19.3. The Morgan fingerprint density at radius 2 is 1.74 bits per heavy atom. The molecule has 1 aliphatic rings. The van der Waals surface area contributed by atoms with E-state index in [0.29, 0.717) is 36.9 Å². The highest BCUT2D eigenvalue weighted by atomic mass is 35.5. The lowest BCUT2D eigenvalue weighted by Crippen LogP contribution is -2.51. The number of methoxy groups -OCH3 is 1. The maximum Gasteiger partial charge on any atom is 0.313 e. The molecule has 2 amide bonds. The normalized spacial score (nSPS) is 14.0. The number of hydrogen-bond donors (Lipinski definition) is 1. The minimum absolute atomic E-state index is 0.282. The number of ether oxygens (including phenoxy) is 1. The summed E-state index contributed by atoms with van der Waals surface area (Å²) in [4.78, 5) is 28.4. The molecular weight excluding hydrogens is 389 g/mol. The van der Waals surface area contributed by atoms with Crippen molar-refractivity contribution < 1.29 is 14.3 Å². The van der Waals surface area contributed by atoms with E-state index in [-0.39, 0.29) is 5.02 Å². The van der Waals surface area contributed by atoms with Gasteiger partial charge in [-0.3, -0.25) is 9.59 Å². The Labute approximate surface area is 167 Å². The molecule has 0 aliphatic carbocycles. The fourth-order valence-corrected chi connectivity index (χ4v) is 3.41. The average Bonchev–Trinajstić information content (AvgIpc) is 2.69. The molecule has 0 saturated carbocycles. The standard InChI is InChI=1S/C19H19Cl2N3O3/c1-27-17-5-3-2-4-16(17)23-8-10-24(11-9-23)19(26)18(25)22-15-7-6-13(20)12-14(15)21/h2-7,12H,8-11H2,1H3,(H,22,25). The number of para-hydroxylation sites is 2. The molecule has 2 aromatic carbocycles. The first-order valence-electron chi connectivity index (χ1n) is 8.43. The van der Waals surface area contributed by atoms with Crippen LogP contribution in [-0.4, -0.2) is 50.0 Å². The molecule has 1 heterocycles. The summed E-state index contributed by atoms with van der Waals surface area (Å²) in [5, 5.41) is 3.28. The van der Waals surface area contributed by atoms with E-state index >= 15 is 0 Å². The van der Waals surface area contributed by atoms with Crippen LogP contribution in [0.25, 0.3) is 0 Å². The maximum absolute atomic E-state index is 12.4. The van der Waals surface area contributed by atoms with Gasteiger partial charge in [-0.25, -0.2) is 0 Å². The van der Waals surface area contributed by atoms with Crippen molar-refractivity contribution in [2.24, 2.45) is 0 Å². The van der Waals surface area contributed by atoms with Gasteiger partial charge < -0.3 is 19.9 Å². The second-order valence-electron chi connectivity index (χ2n) is 6.03. The summed E-state index contributed by atoms with van der Waals surface area (Å²) in [5.74, 6) is -0.516. The molecule has 0 spiro atoms. The predicted molar refractivity (Wildman–Crippen MR) is 107 cm³/mol. The number of anilines is 2. The van der Waals surface area contributed by atoms with Crippen molar-refractivity contribution in [3.63, 3.8) is 0 Å². The van der Waals surface area contributed by atoms with Gasteiger partial charge in [0.1, 0.15) is 5.75 Å². The van der Waals surface area contributed by atoms with E-state index in [9.17, 15) is 9.59 Å². The minimum atomic E-state index is -0.718. The Morgan fingerprint density at radius 1 is 1.04 bits per heavy atom. The number of nitrogens with one attached hydrogen (secondary N) is 1. The van der Waals surface area contributed by atoms with Crippen molar-refractivity contribution in [3.05, 3.63) is 52.5 Å². The van der Waals surface area contributed by atoms with Crippen LogP contribution >= 0.6 is 23.2 Å². The van der Waals surface area contributed by atoms with Gasteiger partial charge in [0.25, 0.3) is 0 Å². The Kier molecular flexibility index (Phi) is 6.08. The van der Waals surface area contributed by atoms with E-state index in [1.54, 1.807) is 19.2 Å². The van der Waals surface area contributed by atoms with Crippen molar-refractivity contribution in [2.45, 2.75) is 0 Å². The molecule has 1 saturated heterocycles. The highest BCUT2D eigenvalue weighted by Gasteiger charge is 2.27. The number of amides is 2. The third kappa shape index (κ3) is 4.46. The average molecular weight is 408 g/mol. The van der Waals surface area contributed by atoms with Gasteiger partial charge in [-0.2, -0.15) is 0 Å². The van der Waals surface area contributed by atoms with Crippen LogP contribution in [0.3, 0.4) is 0 Å². The Hall–Kier alpha value is -2.44. The molecule has 3 rings (SSSR count). The van der Waals surface area contributed by atoms with Gasteiger partial charge in [-0.1, -0.05) is 35.3 Å². The number of nitrogens with zero attached hydrogens (tertiary/aromatic N) is 2. The minimum Gasteiger partial charge on any atom is -0.495 e. The molecule has 1 fully saturated rings. The summed E-state index contributed by atoms with van der Waals surface area (Å²) in [7, 11) is 1.63. The third-order valence-electron chi connectivity index (χ3n) is 4.37. The van der Waals surface area contributed by atoms with Gasteiger partial charge in [-0.15, -0.1) is 0 Å². The number of benzene rings is 2. The van der Waals surface area contributed by atoms with Gasteiger partial charge >= 0.3 is 11.8 Å². The summed E-state index contributed by atoms with van der Waals surface area (Å²) in [6.07, 6.45) is 0. The Bertz CT molecular complexity index is 852. The number of carbonyl (C=O) groups excluding carboxylic acids is 2. The molecule has 6 nitrogen and oxygen atoms in total. The Balaban J connectivity index is 1.60. The molecular formula is C19H19Cl2N3O3. The third-order valence-corrected chi connectivity index (χ3v) is 4.91. The topological polar surface area (TPSA) is 61.9 Å². The first-order valence-corrected chi connectivity index (χ1v) is 9.18. The lowest BCUT2D eigenvalue weighted by molar-refractivity contribution is -0.143. The molecule has 2 aromatic rings. The molecule has 0 atom stereocenters. The van der Waals surface area contributed by atoms with Gasteiger partial charge in [-0.05, 0) is 30.3 Å². The number of hydrogen-bond acceptors (Lipinski definition) is 4. The van der Waals surface area contributed by atoms with Crippen LogP contribution < -0.4 is 15.0 Å². The quantitative estimate of drug-likeness (QED) is 0.792. The number of piperazine rings is 1. The van der Waals surface area contributed by atoms with Crippen molar-refractivity contribution in [1.29, 1.82) is 0 Å². The second-order valence-corrected chi connectivity index (χ2v) is 6.87. The number of carbonyl (C=O) groups is 2. The lowest BCUT2D eigenvalue weighted by atomic mass is 10.2. The summed E-state index contributed by atoms with van der Waals surface area (Å²) in [6.45, 7) is 2.11. The van der Waals surface area contributed by atoms with Crippen LogP contribution in [0.2, 0.25) is 10.0 Å². The summed E-state index contributed by atoms with van der Waals surface area (Å²) < 4.78 is 5.39. The zero-order valence-corrected chi connectivity index (χ0v) is 16.3. The van der Waals surface area contributed by atoms with Crippen molar-refractivity contribution in [3.8, 4) is 5.75 Å². The van der Waals surface area contributed by atoms with Crippen molar-refractivity contribution >= 4 is 46.4 Å². The fourth-order valence-electron chi connectivity index (χ4n) is 2.95. The number of rotatable bonds is 3. The molecule has 142 valence electrons. The van der Waals surface area contributed by atoms with E-state index in [1.807, 2.05) is 24.3 Å². The molecule has 1 aliphatic heterocycles. The second kappa shape index (κ2) is 8.50. The zero-order valence-electron chi connectivity index (χ0n) is 14.7. The van der Waals surface area contributed by atoms with E-state index in [0.717, 1.165) is 11.4 Å². The highest BCUT2D eigenvalue weighted by Crippen LogP contribution is 2.28. The van der Waals surface area contributed by atoms with Crippen LogP contribution in [0.4, 0.5) is 11.4 Å².